The van der Waals surface area contributed by atoms with E-state index in [2.05, 4.69) is 9.71 Å². The molecule has 0 atom stereocenters. The summed E-state index contributed by atoms with van der Waals surface area (Å²) < 4.78 is 26.8. The average Bonchev–Trinajstić information content (AvgIpc) is 2.27. The lowest BCUT2D eigenvalue weighted by Crippen LogP contribution is -2.16. The Morgan fingerprint density at radius 1 is 1.21 bits per heavy atom. The molecule has 7 heteroatoms. The molecule has 3 N–H and O–H groups in total. The average molecular weight is 298 g/mol. The zero-order valence-corrected chi connectivity index (χ0v) is 11.7. The normalized spacial score (nSPS) is 11.3. The first-order valence-corrected chi connectivity index (χ1v) is 7.27. The van der Waals surface area contributed by atoms with Gasteiger partial charge < -0.3 is 5.73 Å². The molecule has 0 bridgehead atoms. The molecule has 2 rings (SSSR count). The topological polar surface area (TPSA) is 85.1 Å². The first kappa shape index (κ1) is 13.6. The van der Waals surface area contributed by atoms with Crippen LogP contribution in [0.2, 0.25) is 5.02 Å². The SMILES string of the molecule is Cc1cccc(NS(=O)(=O)c2c(N)cccc2Cl)n1. The fourth-order valence-electron chi connectivity index (χ4n) is 1.60. The Hall–Kier alpha value is -1.79. The Balaban J connectivity index is 2.44. The van der Waals surface area contributed by atoms with E-state index in [-0.39, 0.29) is 21.4 Å². The van der Waals surface area contributed by atoms with E-state index in [1.54, 1.807) is 31.2 Å². The molecule has 0 aliphatic rings. The van der Waals surface area contributed by atoms with Gasteiger partial charge in [-0.1, -0.05) is 23.7 Å². The lowest BCUT2D eigenvalue weighted by atomic mass is 10.3. The standard InChI is InChI=1S/C12H12ClN3O2S/c1-8-4-2-7-11(15-8)16-19(17,18)12-9(13)5-3-6-10(12)14/h2-7H,14H2,1H3,(H,15,16). The van der Waals surface area contributed by atoms with E-state index in [9.17, 15) is 8.42 Å². The van der Waals surface area contributed by atoms with E-state index in [0.29, 0.717) is 5.69 Å². The molecule has 2 aromatic rings. The minimum Gasteiger partial charge on any atom is -0.398 e. The van der Waals surface area contributed by atoms with Crippen molar-refractivity contribution in [3.63, 3.8) is 0 Å². The van der Waals surface area contributed by atoms with Crippen molar-refractivity contribution >= 4 is 33.1 Å². The van der Waals surface area contributed by atoms with Gasteiger partial charge in [0.25, 0.3) is 10.0 Å². The van der Waals surface area contributed by atoms with Gasteiger partial charge in [-0.3, -0.25) is 4.72 Å². The van der Waals surface area contributed by atoms with E-state index < -0.39 is 10.0 Å². The summed E-state index contributed by atoms with van der Waals surface area (Å²) in [6.07, 6.45) is 0. The maximum absolute atomic E-state index is 12.2. The monoisotopic (exact) mass is 297 g/mol. The second-order valence-corrected chi connectivity index (χ2v) is 5.95. The number of nitrogens with zero attached hydrogens (tertiary/aromatic N) is 1. The van der Waals surface area contributed by atoms with E-state index in [4.69, 9.17) is 17.3 Å². The van der Waals surface area contributed by atoms with Gasteiger partial charge in [0.1, 0.15) is 10.7 Å². The summed E-state index contributed by atoms with van der Waals surface area (Å²) in [7, 11) is -3.86. The zero-order valence-electron chi connectivity index (χ0n) is 10.1. The van der Waals surface area contributed by atoms with Gasteiger partial charge in [-0.2, -0.15) is 0 Å². The largest absolute Gasteiger partial charge is 0.398 e. The molecule has 0 unspecified atom stereocenters. The smallest absolute Gasteiger partial charge is 0.266 e. The van der Waals surface area contributed by atoms with Crippen LogP contribution in [0.25, 0.3) is 0 Å². The highest BCUT2D eigenvalue weighted by Gasteiger charge is 2.21. The molecule has 0 aliphatic carbocycles. The molecule has 19 heavy (non-hydrogen) atoms. The molecule has 100 valence electrons. The fourth-order valence-corrected chi connectivity index (χ4v) is 3.28. The number of pyridine rings is 1. The first-order valence-electron chi connectivity index (χ1n) is 5.40. The lowest BCUT2D eigenvalue weighted by Gasteiger charge is -2.11. The van der Waals surface area contributed by atoms with Crippen LogP contribution in [-0.4, -0.2) is 13.4 Å². The Bertz CT molecular complexity index is 696. The zero-order chi connectivity index (χ0) is 14.0. The van der Waals surface area contributed by atoms with Crippen LogP contribution in [0.15, 0.2) is 41.3 Å². The molecule has 0 radical (unpaired) electrons. The predicted molar refractivity (Wildman–Crippen MR) is 75.6 cm³/mol. The van der Waals surface area contributed by atoms with Crippen molar-refractivity contribution in [2.24, 2.45) is 0 Å². The van der Waals surface area contributed by atoms with Gasteiger partial charge in [0.15, 0.2) is 0 Å². The van der Waals surface area contributed by atoms with Crippen molar-refractivity contribution in [3.8, 4) is 0 Å². The number of halogens is 1. The molecule has 1 aromatic heterocycles. The quantitative estimate of drug-likeness (QED) is 0.852. The van der Waals surface area contributed by atoms with E-state index in [1.165, 1.54) is 12.1 Å². The van der Waals surface area contributed by atoms with Crippen LogP contribution in [0, 0.1) is 6.92 Å². The molecule has 0 aliphatic heterocycles. The van der Waals surface area contributed by atoms with Crippen LogP contribution in [-0.2, 0) is 10.0 Å². The van der Waals surface area contributed by atoms with Crippen molar-refractivity contribution in [2.75, 3.05) is 10.5 Å². The van der Waals surface area contributed by atoms with Crippen LogP contribution >= 0.6 is 11.6 Å². The number of benzene rings is 1. The van der Waals surface area contributed by atoms with Crippen LogP contribution in [0.4, 0.5) is 11.5 Å². The molecule has 0 spiro atoms. The number of aryl methyl sites for hydroxylation is 1. The summed E-state index contributed by atoms with van der Waals surface area (Å²) >= 11 is 5.89. The van der Waals surface area contributed by atoms with Crippen LogP contribution in [0.1, 0.15) is 5.69 Å². The number of hydrogen-bond donors (Lipinski definition) is 2. The molecular formula is C12H12ClN3O2S. The van der Waals surface area contributed by atoms with E-state index in [1.807, 2.05) is 0 Å². The summed E-state index contributed by atoms with van der Waals surface area (Å²) in [5.74, 6) is 0.222. The Kier molecular flexibility index (Phi) is 3.64. The summed E-state index contributed by atoms with van der Waals surface area (Å²) in [6, 6.07) is 9.55. The minimum absolute atomic E-state index is 0.0696. The second kappa shape index (κ2) is 5.07. The Labute approximate surface area is 116 Å². The molecular weight excluding hydrogens is 286 g/mol. The number of rotatable bonds is 3. The van der Waals surface area contributed by atoms with Gasteiger partial charge in [0, 0.05) is 5.69 Å². The summed E-state index contributed by atoms with van der Waals surface area (Å²) in [4.78, 5) is 3.93. The summed E-state index contributed by atoms with van der Waals surface area (Å²) in [5, 5.41) is 0.0696. The molecule has 1 heterocycles. The highest BCUT2D eigenvalue weighted by molar-refractivity contribution is 7.93. The molecule has 0 saturated carbocycles. The van der Waals surface area contributed by atoms with Crippen molar-refractivity contribution in [3.05, 3.63) is 47.1 Å². The van der Waals surface area contributed by atoms with Gasteiger partial charge in [0.2, 0.25) is 0 Å². The predicted octanol–water partition coefficient (Wildman–Crippen LogP) is 2.43. The van der Waals surface area contributed by atoms with Crippen molar-refractivity contribution in [1.82, 2.24) is 4.98 Å². The summed E-state index contributed by atoms with van der Waals surface area (Å²) in [6.45, 7) is 1.77. The van der Waals surface area contributed by atoms with Gasteiger partial charge in [-0.25, -0.2) is 13.4 Å². The first-order chi connectivity index (χ1) is 8.90. The number of nitrogen functional groups attached to an aromatic ring is 1. The summed E-state index contributed by atoms with van der Waals surface area (Å²) in [5.41, 5.74) is 6.46. The van der Waals surface area contributed by atoms with Crippen molar-refractivity contribution in [2.45, 2.75) is 11.8 Å². The molecule has 5 nitrogen and oxygen atoms in total. The lowest BCUT2D eigenvalue weighted by molar-refractivity contribution is 0.601. The van der Waals surface area contributed by atoms with Crippen LogP contribution in [0.5, 0.6) is 0 Å². The Morgan fingerprint density at radius 2 is 1.89 bits per heavy atom. The molecule has 0 amide bonds. The maximum atomic E-state index is 12.2. The minimum atomic E-state index is -3.86. The highest BCUT2D eigenvalue weighted by Crippen LogP contribution is 2.28. The van der Waals surface area contributed by atoms with Gasteiger partial charge >= 0.3 is 0 Å². The second-order valence-electron chi connectivity index (χ2n) is 3.93. The third-order valence-corrected chi connectivity index (χ3v) is 4.29. The van der Waals surface area contributed by atoms with Gasteiger partial charge in [-0.15, -0.1) is 0 Å². The number of anilines is 2. The van der Waals surface area contributed by atoms with Gasteiger partial charge in [-0.05, 0) is 31.2 Å². The third-order valence-electron chi connectivity index (χ3n) is 2.39. The van der Waals surface area contributed by atoms with E-state index in [0.717, 1.165) is 0 Å². The Morgan fingerprint density at radius 3 is 2.53 bits per heavy atom. The van der Waals surface area contributed by atoms with Gasteiger partial charge in [0.05, 0.1) is 10.7 Å². The molecule has 0 saturated heterocycles. The molecule has 0 fully saturated rings. The van der Waals surface area contributed by atoms with Crippen molar-refractivity contribution in [1.29, 1.82) is 0 Å². The number of sulfonamides is 1. The third kappa shape index (κ3) is 2.97. The number of nitrogens with one attached hydrogen (secondary N) is 1. The van der Waals surface area contributed by atoms with Crippen LogP contribution in [0.3, 0.4) is 0 Å². The number of aromatic nitrogens is 1. The maximum Gasteiger partial charge on any atom is 0.266 e. The van der Waals surface area contributed by atoms with Crippen molar-refractivity contribution < 1.29 is 8.42 Å². The number of hydrogen-bond acceptors (Lipinski definition) is 4. The highest BCUT2D eigenvalue weighted by atomic mass is 35.5. The van der Waals surface area contributed by atoms with E-state index >= 15 is 0 Å². The molecule has 1 aromatic carbocycles. The number of nitrogens with two attached hydrogens (primary N) is 1. The fraction of sp³-hybridized carbons (Fsp3) is 0.0833. The van der Waals surface area contributed by atoms with Crippen LogP contribution < -0.4 is 10.5 Å².